The first-order chi connectivity index (χ1) is 9.54. The summed E-state index contributed by atoms with van der Waals surface area (Å²) in [5, 5.41) is 8.40. The van der Waals surface area contributed by atoms with Crippen LogP contribution in [0.25, 0.3) is 0 Å². The summed E-state index contributed by atoms with van der Waals surface area (Å²) in [4.78, 5) is 12.8. The fourth-order valence-corrected chi connectivity index (χ4v) is 3.53. The summed E-state index contributed by atoms with van der Waals surface area (Å²) in [5.74, 6) is 0.303. The summed E-state index contributed by atoms with van der Waals surface area (Å²) < 4.78 is 1.76. The molecule has 112 valence electrons. The van der Waals surface area contributed by atoms with Crippen molar-refractivity contribution in [2.24, 2.45) is 12.5 Å². The lowest BCUT2D eigenvalue weighted by atomic mass is 9.77. The maximum absolute atomic E-state index is 12.8. The van der Waals surface area contributed by atoms with E-state index >= 15 is 0 Å². The van der Waals surface area contributed by atoms with Crippen molar-refractivity contribution in [1.82, 2.24) is 15.1 Å². The Labute approximate surface area is 125 Å². The van der Waals surface area contributed by atoms with Crippen LogP contribution in [0.4, 0.5) is 0 Å². The lowest BCUT2D eigenvalue weighted by Crippen LogP contribution is -2.35. The molecule has 1 saturated heterocycles. The molecule has 1 fully saturated rings. The molecule has 0 aromatic carbocycles. The zero-order chi connectivity index (χ0) is 14.8. The number of Topliss-reactive ketones (excluding diaryl/α,β-unsaturated/α-hetero) is 1. The number of carbonyl (C=O) groups is 1. The van der Waals surface area contributed by atoms with Gasteiger partial charge in [0.05, 0.1) is 22.8 Å². The van der Waals surface area contributed by atoms with Crippen LogP contribution in [0.1, 0.15) is 44.5 Å². The molecule has 1 N–H and O–H groups in total. The Morgan fingerprint density at radius 1 is 1.50 bits per heavy atom. The minimum atomic E-state index is -0.200. The highest BCUT2D eigenvalue weighted by molar-refractivity contribution is 6.32. The summed E-state index contributed by atoms with van der Waals surface area (Å²) >= 11 is 6.35. The maximum Gasteiger partial charge on any atom is 0.146 e. The zero-order valence-corrected chi connectivity index (χ0v) is 13.4. The van der Waals surface area contributed by atoms with E-state index in [1.54, 1.807) is 4.68 Å². The number of aryl methyl sites for hydroxylation is 2. The van der Waals surface area contributed by atoms with Crippen LogP contribution in [0.2, 0.25) is 5.02 Å². The molecule has 1 aliphatic rings. The molecule has 4 nitrogen and oxygen atoms in total. The van der Waals surface area contributed by atoms with Crippen molar-refractivity contribution in [2.45, 2.75) is 46.0 Å². The average Bonchev–Trinajstić information content (AvgIpc) is 3.00. The van der Waals surface area contributed by atoms with E-state index in [4.69, 9.17) is 11.6 Å². The first kappa shape index (κ1) is 15.5. The SMILES string of the molecule is CCCC1(C(=O)Cc2c(Cl)c(CC)nn2C)CCNC1. The predicted molar refractivity (Wildman–Crippen MR) is 81.1 cm³/mol. The van der Waals surface area contributed by atoms with Crippen LogP contribution in [0.5, 0.6) is 0 Å². The van der Waals surface area contributed by atoms with Crippen LogP contribution < -0.4 is 5.32 Å². The van der Waals surface area contributed by atoms with E-state index in [0.717, 1.165) is 50.2 Å². The largest absolute Gasteiger partial charge is 0.316 e. The van der Waals surface area contributed by atoms with Crippen molar-refractivity contribution in [1.29, 1.82) is 0 Å². The van der Waals surface area contributed by atoms with E-state index in [2.05, 4.69) is 17.3 Å². The summed E-state index contributed by atoms with van der Waals surface area (Å²) in [6.07, 6.45) is 4.12. The number of halogens is 1. The summed E-state index contributed by atoms with van der Waals surface area (Å²) in [6, 6.07) is 0. The number of rotatable bonds is 6. The van der Waals surface area contributed by atoms with Gasteiger partial charge in [-0.25, -0.2) is 0 Å². The van der Waals surface area contributed by atoms with Gasteiger partial charge in [0.1, 0.15) is 5.78 Å². The van der Waals surface area contributed by atoms with Gasteiger partial charge in [-0.1, -0.05) is 31.9 Å². The fraction of sp³-hybridized carbons (Fsp3) is 0.733. The Hall–Kier alpha value is -0.870. The normalized spacial score (nSPS) is 22.4. The molecule has 2 rings (SSSR count). The van der Waals surface area contributed by atoms with Gasteiger partial charge >= 0.3 is 0 Å². The molecule has 0 saturated carbocycles. The first-order valence-corrected chi connectivity index (χ1v) is 7.86. The molecule has 2 heterocycles. The van der Waals surface area contributed by atoms with E-state index in [1.807, 2.05) is 14.0 Å². The lowest BCUT2D eigenvalue weighted by molar-refractivity contribution is -0.127. The topological polar surface area (TPSA) is 46.9 Å². The van der Waals surface area contributed by atoms with Crippen LogP contribution in [0, 0.1) is 5.41 Å². The van der Waals surface area contributed by atoms with Gasteiger partial charge in [0.15, 0.2) is 0 Å². The first-order valence-electron chi connectivity index (χ1n) is 7.48. The number of nitrogens with zero attached hydrogens (tertiary/aromatic N) is 2. The molecule has 1 atom stereocenters. The number of hydrogen-bond acceptors (Lipinski definition) is 3. The van der Waals surface area contributed by atoms with Crippen molar-refractivity contribution >= 4 is 17.4 Å². The highest BCUT2D eigenvalue weighted by Crippen LogP contribution is 2.34. The molecule has 1 aromatic heterocycles. The average molecular weight is 298 g/mol. The zero-order valence-electron chi connectivity index (χ0n) is 12.6. The molecular formula is C15H24ClN3O. The third-order valence-electron chi connectivity index (χ3n) is 4.39. The minimum absolute atomic E-state index is 0.200. The highest BCUT2D eigenvalue weighted by atomic mass is 35.5. The van der Waals surface area contributed by atoms with E-state index in [9.17, 15) is 4.79 Å². The standard InChI is InChI=1S/C15H24ClN3O/c1-4-6-15(7-8-17-10-15)13(20)9-12-14(16)11(5-2)18-19(12)3/h17H,4-10H2,1-3H3. The fourth-order valence-electron chi connectivity index (χ4n) is 3.16. The van der Waals surface area contributed by atoms with Gasteiger partial charge in [0.25, 0.3) is 0 Å². The van der Waals surface area contributed by atoms with E-state index < -0.39 is 0 Å². The Bertz CT molecular complexity index is 490. The molecule has 0 amide bonds. The molecule has 1 aliphatic heterocycles. The van der Waals surface area contributed by atoms with Gasteiger partial charge < -0.3 is 5.32 Å². The number of aromatic nitrogens is 2. The summed E-state index contributed by atoms with van der Waals surface area (Å²) in [5.41, 5.74) is 1.54. The Balaban J connectivity index is 2.20. The Morgan fingerprint density at radius 3 is 2.75 bits per heavy atom. The third kappa shape index (κ3) is 2.77. The minimum Gasteiger partial charge on any atom is -0.316 e. The van der Waals surface area contributed by atoms with Crippen LogP contribution in [-0.2, 0) is 24.7 Å². The molecule has 1 unspecified atom stereocenters. The van der Waals surface area contributed by atoms with E-state index in [-0.39, 0.29) is 5.41 Å². The van der Waals surface area contributed by atoms with Gasteiger partial charge in [-0.3, -0.25) is 9.48 Å². The number of hydrogen-bond donors (Lipinski definition) is 1. The molecule has 1 aromatic rings. The van der Waals surface area contributed by atoms with Gasteiger partial charge in [-0.15, -0.1) is 0 Å². The van der Waals surface area contributed by atoms with Crippen LogP contribution >= 0.6 is 11.6 Å². The quantitative estimate of drug-likeness (QED) is 0.878. The monoisotopic (exact) mass is 297 g/mol. The lowest BCUT2D eigenvalue weighted by Gasteiger charge is -2.26. The highest BCUT2D eigenvalue weighted by Gasteiger charge is 2.40. The number of ketones is 1. The smallest absolute Gasteiger partial charge is 0.146 e. The van der Waals surface area contributed by atoms with Gasteiger partial charge in [0, 0.05) is 19.0 Å². The van der Waals surface area contributed by atoms with Gasteiger partial charge in [0.2, 0.25) is 0 Å². The molecule has 0 bridgehead atoms. The van der Waals surface area contributed by atoms with E-state index in [0.29, 0.717) is 17.2 Å². The van der Waals surface area contributed by atoms with Gasteiger partial charge in [-0.2, -0.15) is 5.10 Å². The second-order valence-corrected chi connectivity index (χ2v) is 6.12. The second-order valence-electron chi connectivity index (χ2n) is 5.74. The summed E-state index contributed by atoms with van der Waals surface area (Å²) in [7, 11) is 1.87. The van der Waals surface area contributed by atoms with Crippen LogP contribution in [0.15, 0.2) is 0 Å². The molecule has 0 spiro atoms. The van der Waals surface area contributed by atoms with Gasteiger partial charge in [-0.05, 0) is 25.8 Å². The second kappa shape index (κ2) is 6.27. The molecule has 0 radical (unpaired) electrons. The van der Waals surface area contributed by atoms with Crippen LogP contribution in [0.3, 0.4) is 0 Å². The van der Waals surface area contributed by atoms with Crippen molar-refractivity contribution in [2.75, 3.05) is 13.1 Å². The molecule has 0 aliphatic carbocycles. The predicted octanol–water partition coefficient (Wildman–Crippen LogP) is 2.53. The number of nitrogens with one attached hydrogen (secondary N) is 1. The molecular weight excluding hydrogens is 274 g/mol. The van der Waals surface area contributed by atoms with Crippen molar-refractivity contribution < 1.29 is 4.79 Å². The van der Waals surface area contributed by atoms with Crippen molar-refractivity contribution in [3.8, 4) is 0 Å². The summed E-state index contributed by atoms with van der Waals surface area (Å²) in [6.45, 7) is 5.90. The maximum atomic E-state index is 12.8. The Kier molecular flexibility index (Phi) is 4.86. The molecule has 20 heavy (non-hydrogen) atoms. The number of carbonyl (C=O) groups excluding carboxylic acids is 1. The van der Waals surface area contributed by atoms with Crippen molar-refractivity contribution in [3.05, 3.63) is 16.4 Å². The van der Waals surface area contributed by atoms with Crippen LogP contribution in [-0.4, -0.2) is 28.7 Å². The Morgan fingerprint density at radius 2 is 2.25 bits per heavy atom. The van der Waals surface area contributed by atoms with E-state index in [1.165, 1.54) is 0 Å². The third-order valence-corrected chi connectivity index (χ3v) is 4.83. The van der Waals surface area contributed by atoms with Crippen molar-refractivity contribution in [3.63, 3.8) is 0 Å². The molecule has 5 heteroatoms.